The van der Waals surface area contributed by atoms with E-state index < -0.39 is 8.56 Å². The minimum absolute atomic E-state index is 0.807. The normalized spacial score (nSPS) is 11.8. The average Bonchev–Trinajstić information content (AvgIpc) is 2.66. The first kappa shape index (κ1) is 22.4. The van der Waals surface area contributed by atoms with E-state index in [9.17, 15) is 0 Å². The molecule has 0 saturated carbocycles. The molecule has 0 spiro atoms. The maximum Gasteiger partial charge on any atom is 0.372 e. The summed E-state index contributed by atoms with van der Waals surface area (Å²) in [4.78, 5) is 0. The van der Waals surface area contributed by atoms with Gasteiger partial charge >= 0.3 is 8.56 Å². The van der Waals surface area contributed by atoms with Crippen molar-refractivity contribution in [2.75, 3.05) is 13.2 Å². The zero-order chi connectivity index (χ0) is 18.2. The van der Waals surface area contributed by atoms with Crippen LogP contribution in [0.15, 0.2) is 30.3 Å². The van der Waals surface area contributed by atoms with E-state index >= 15 is 0 Å². The Morgan fingerprint density at radius 2 is 1.16 bits per heavy atom. The number of hydrogen-bond donors (Lipinski definition) is 0. The van der Waals surface area contributed by atoms with Crippen LogP contribution in [0.25, 0.3) is 0 Å². The zero-order valence-electron chi connectivity index (χ0n) is 16.9. The Morgan fingerprint density at radius 1 is 0.640 bits per heavy atom. The van der Waals surface area contributed by atoms with Gasteiger partial charge in [-0.25, -0.2) is 0 Å². The van der Waals surface area contributed by atoms with E-state index in [4.69, 9.17) is 8.85 Å². The highest BCUT2D eigenvalue weighted by molar-refractivity contribution is 6.81. The number of unbranched alkanes of at least 4 members (excludes halogenated alkanes) is 7. The molecule has 0 aliphatic carbocycles. The van der Waals surface area contributed by atoms with Crippen molar-refractivity contribution in [3.8, 4) is 0 Å². The molecule has 25 heavy (non-hydrogen) atoms. The molecule has 0 aliphatic heterocycles. The first-order chi connectivity index (χ1) is 12.3. The van der Waals surface area contributed by atoms with Crippen LogP contribution in [0.4, 0.5) is 0 Å². The predicted molar refractivity (Wildman–Crippen MR) is 112 cm³/mol. The number of rotatable bonds is 16. The molecule has 0 aliphatic rings. The van der Waals surface area contributed by atoms with Crippen LogP contribution in [0.1, 0.15) is 85.0 Å². The molecule has 1 aromatic carbocycles. The summed E-state index contributed by atoms with van der Waals surface area (Å²) >= 11 is 0. The van der Waals surface area contributed by atoms with Gasteiger partial charge in [-0.3, -0.25) is 0 Å². The van der Waals surface area contributed by atoms with Gasteiger partial charge in [0, 0.05) is 13.2 Å². The third-order valence-electron chi connectivity index (χ3n) is 4.65. The second-order valence-corrected chi connectivity index (χ2v) is 10.2. The molecule has 0 unspecified atom stereocenters. The van der Waals surface area contributed by atoms with Crippen LogP contribution < -0.4 is 5.19 Å². The zero-order valence-corrected chi connectivity index (χ0v) is 17.9. The predicted octanol–water partition coefficient (Wildman–Crippen LogP) is 6.33. The van der Waals surface area contributed by atoms with Crippen molar-refractivity contribution in [1.29, 1.82) is 0 Å². The molecular weight excluding hydrogens is 324 g/mol. The van der Waals surface area contributed by atoms with Crippen LogP contribution in [0.3, 0.4) is 0 Å². The third kappa shape index (κ3) is 9.03. The molecule has 0 bridgehead atoms. The SMILES string of the molecule is CCCCCCCCCC[Si](OCCC)(OCCC)c1ccccc1. The summed E-state index contributed by atoms with van der Waals surface area (Å²) in [7, 11) is -2.29. The van der Waals surface area contributed by atoms with E-state index in [1.807, 2.05) is 0 Å². The van der Waals surface area contributed by atoms with Crippen LogP contribution in [-0.2, 0) is 8.85 Å². The fourth-order valence-electron chi connectivity index (χ4n) is 3.21. The second-order valence-electron chi connectivity index (χ2n) is 7.04. The van der Waals surface area contributed by atoms with Crippen molar-refractivity contribution in [3.05, 3.63) is 30.3 Å². The summed E-state index contributed by atoms with van der Waals surface area (Å²) in [5.41, 5.74) is 0. The summed E-state index contributed by atoms with van der Waals surface area (Å²) in [6, 6.07) is 11.8. The summed E-state index contributed by atoms with van der Waals surface area (Å²) in [5, 5.41) is 1.31. The van der Waals surface area contributed by atoms with Gasteiger partial charge in [-0.15, -0.1) is 0 Å². The quantitative estimate of drug-likeness (QED) is 0.252. The first-order valence-corrected chi connectivity index (χ1v) is 12.6. The van der Waals surface area contributed by atoms with E-state index in [2.05, 4.69) is 51.1 Å². The lowest BCUT2D eigenvalue weighted by Gasteiger charge is -2.31. The summed E-state index contributed by atoms with van der Waals surface area (Å²) in [5.74, 6) is 0. The van der Waals surface area contributed by atoms with Crippen LogP contribution >= 0.6 is 0 Å². The van der Waals surface area contributed by atoms with Gasteiger partial charge in [0.1, 0.15) is 0 Å². The van der Waals surface area contributed by atoms with Gasteiger partial charge in [0.2, 0.25) is 0 Å². The monoisotopic (exact) mass is 364 g/mol. The lowest BCUT2D eigenvalue weighted by molar-refractivity contribution is 0.178. The molecule has 0 amide bonds. The Balaban J connectivity index is 2.57. The van der Waals surface area contributed by atoms with Gasteiger partial charge in [-0.05, 0) is 24.1 Å². The van der Waals surface area contributed by atoms with E-state index in [0.29, 0.717) is 0 Å². The molecule has 1 rings (SSSR count). The smallest absolute Gasteiger partial charge is 0.372 e. The molecule has 0 N–H and O–H groups in total. The van der Waals surface area contributed by atoms with Crippen LogP contribution in [0, 0.1) is 0 Å². The molecule has 0 aromatic heterocycles. The molecule has 0 heterocycles. The standard InChI is InChI=1S/C22H40O2Si/c1-4-7-8-9-10-11-12-16-21-25(23-19-5-2,24-20-6-3)22-17-14-13-15-18-22/h13-15,17-18H,4-12,16,19-21H2,1-3H3. The van der Waals surface area contributed by atoms with Crippen molar-refractivity contribution >= 4 is 13.7 Å². The molecule has 0 radical (unpaired) electrons. The minimum Gasteiger partial charge on any atom is -0.391 e. The first-order valence-electron chi connectivity index (χ1n) is 10.6. The summed E-state index contributed by atoms with van der Waals surface area (Å²) < 4.78 is 12.9. The Hall–Kier alpha value is -0.643. The highest BCUT2D eigenvalue weighted by atomic mass is 28.4. The van der Waals surface area contributed by atoms with E-state index in [1.165, 1.54) is 56.6 Å². The molecule has 2 nitrogen and oxygen atoms in total. The number of hydrogen-bond acceptors (Lipinski definition) is 2. The molecule has 3 heteroatoms. The average molecular weight is 365 g/mol. The molecule has 1 aromatic rings. The van der Waals surface area contributed by atoms with Crippen LogP contribution in [0.5, 0.6) is 0 Å². The fraction of sp³-hybridized carbons (Fsp3) is 0.727. The Bertz CT molecular complexity index is 400. The molecule has 144 valence electrons. The fourth-order valence-corrected chi connectivity index (χ4v) is 6.69. The van der Waals surface area contributed by atoms with Gasteiger partial charge in [0.25, 0.3) is 0 Å². The lowest BCUT2D eigenvalue weighted by atomic mass is 10.1. The largest absolute Gasteiger partial charge is 0.391 e. The van der Waals surface area contributed by atoms with E-state index in [1.54, 1.807) is 0 Å². The maximum atomic E-state index is 6.44. The van der Waals surface area contributed by atoms with Gasteiger partial charge in [-0.2, -0.15) is 0 Å². The molecule has 0 atom stereocenters. The molecule has 0 saturated heterocycles. The maximum absolute atomic E-state index is 6.44. The van der Waals surface area contributed by atoms with Crippen molar-refractivity contribution in [2.45, 2.75) is 91.0 Å². The topological polar surface area (TPSA) is 18.5 Å². The molecular formula is C22H40O2Si. The highest BCUT2D eigenvalue weighted by Crippen LogP contribution is 2.20. The van der Waals surface area contributed by atoms with E-state index in [-0.39, 0.29) is 0 Å². The second kappa shape index (κ2) is 14.5. The summed E-state index contributed by atoms with van der Waals surface area (Å²) in [6.45, 7) is 8.25. The van der Waals surface area contributed by atoms with E-state index in [0.717, 1.165) is 32.1 Å². The van der Waals surface area contributed by atoms with Gasteiger partial charge in [-0.1, -0.05) is 102 Å². The van der Waals surface area contributed by atoms with Crippen molar-refractivity contribution in [1.82, 2.24) is 0 Å². The van der Waals surface area contributed by atoms with Crippen molar-refractivity contribution < 1.29 is 8.85 Å². The van der Waals surface area contributed by atoms with Gasteiger partial charge in [0.15, 0.2) is 0 Å². The van der Waals surface area contributed by atoms with Crippen molar-refractivity contribution in [3.63, 3.8) is 0 Å². The Kier molecular flexibility index (Phi) is 13.0. The van der Waals surface area contributed by atoms with Gasteiger partial charge in [0.05, 0.1) is 0 Å². The van der Waals surface area contributed by atoms with Crippen molar-refractivity contribution in [2.24, 2.45) is 0 Å². The third-order valence-corrected chi connectivity index (χ3v) is 8.22. The highest BCUT2D eigenvalue weighted by Gasteiger charge is 2.39. The number of benzene rings is 1. The Labute approximate surface area is 157 Å². The minimum atomic E-state index is -2.29. The lowest BCUT2D eigenvalue weighted by Crippen LogP contribution is -2.54. The summed E-state index contributed by atoms with van der Waals surface area (Å²) in [6.07, 6.45) is 12.9. The molecule has 0 fully saturated rings. The van der Waals surface area contributed by atoms with Crippen LogP contribution in [-0.4, -0.2) is 21.8 Å². The van der Waals surface area contributed by atoms with Crippen LogP contribution in [0.2, 0.25) is 6.04 Å². The Morgan fingerprint density at radius 3 is 1.68 bits per heavy atom. The van der Waals surface area contributed by atoms with Gasteiger partial charge < -0.3 is 8.85 Å².